The van der Waals surface area contributed by atoms with E-state index in [2.05, 4.69) is 58.0 Å². The lowest BCUT2D eigenvalue weighted by Crippen LogP contribution is -2.47. The molecule has 2 atom stereocenters. The van der Waals surface area contributed by atoms with Gasteiger partial charge in [-0.05, 0) is 36.9 Å². The zero-order chi connectivity index (χ0) is 20.5. The van der Waals surface area contributed by atoms with E-state index in [-0.39, 0.29) is 6.10 Å². The number of aliphatic imine (C=N–C) groups is 1. The fourth-order valence-corrected chi connectivity index (χ4v) is 4.24. The van der Waals surface area contributed by atoms with Crippen molar-refractivity contribution in [3.63, 3.8) is 0 Å². The normalized spacial score (nSPS) is 17.6. The Kier molecular flexibility index (Phi) is 8.34. The molecule has 2 N–H and O–H groups in total. The van der Waals surface area contributed by atoms with Gasteiger partial charge in [-0.1, -0.05) is 24.3 Å². The molecule has 1 aromatic carbocycles. The molecule has 3 rings (SSSR count). The summed E-state index contributed by atoms with van der Waals surface area (Å²) >= 11 is 1.80. The van der Waals surface area contributed by atoms with E-state index >= 15 is 0 Å². The molecule has 2 aromatic rings. The summed E-state index contributed by atoms with van der Waals surface area (Å²) in [6.45, 7) is 9.10. The first-order valence-corrected chi connectivity index (χ1v) is 11.1. The van der Waals surface area contributed by atoms with E-state index in [0.29, 0.717) is 12.6 Å². The lowest BCUT2D eigenvalue weighted by atomic mass is 10.2. The molecule has 6 nitrogen and oxygen atoms in total. The number of rotatable bonds is 8. The van der Waals surface area contributed by atoms with Gasteiger partial charge in [0.15, 0.2) is 5.96 Å². The van der Waals surface area contributed by atoms with Crippen LogP contribution in [0.2, 0.25) is 0 Å². The summed E-state index contributed by atoms with van der Waals surface area (Å²) in [4.78, 5) is 8.23. The van der Waals surface area contributed by atoms with Crippen LogP contribution in [0.1, 0.15) is 23.4 Å². The van der Waals surface area contributed by atoms with Gasteiger partial charge >= 0.3 is 0 Å². The van der Waals surface area contributed by atoms with Gasteiger partial charge in [-0.2, -0.15) is 0 Å². The van der Waals surface area contributed by atoms with Crippen molar-refractivity contribution in [2.75, 3.05) is 46.4 Å². The summed E-state index contributed by atoms with van der Waals surface area (Å²) < 4.78 is 11.6. The standard InChI is InChI=1S/C22H32N4O2S/c1-17-7-4-5-8-20(17)28-18(2)15-24-22(23-3)25-16-19(21-9-6-14-29-21)26-10-12-27-13-11-26/h4-9,14,18-19H,10-13,15-16H2,1-3H3,(H2,23,24,25). The predicted molar refractivity (Wildman–Crippen MR) is 120 cm³/mol. The minimum atomic E-state index is 0.0296. The highest BCUT2D eigenvalue weighted by atomic mass is 32.1. The van der Waals surface area contributed by atoms with Gasteiger partial charge in [0.25, 0.3) is 0 Å². The third kappa shape index (κ3) is 6.45. The number of guanidine groups is 1. The van der Waals surface area contributed by atoms with Gasteiger partial charge in [-0.15, -0.1) is 11.3 Å². The lowest BCUT2D eigenvalue weighted by Gasteiger charge is -2.34. The van der Waals surface area contributed by atoms with E-state index in [1.165, 1.54) is 4.88 Å². The summed E-state index contributed by atoms with van der Waals surface area (Å²) in [6.07, 6.45) is 0.0296. The maximum absolute atomic E-state index is 6.05. The molecule has 0 aliphatic carbocycles. The van der Waals surface area contributed by atoms with Gasteiger partial charge in [0.1, 0.15) is 11.9 Å². The molecule has 0 radical (unpaired) electrons. The summed E-state index contributed by atoms with van der Waals surface area (Å²) in [5.74, 6) is 1.72. The average molecular weight is 417 g/mol. The summed E-state index contributed by atoms with van der Waals surface area (Å²) in [6, 6.07) is 12.7. The first-order valence-electron chi connectivity index (χ1n) is 10.2. The van der Waals surface area contributed by atoms with Crippen LogP contribution in [0.3, 0.4) is 0 Å². The number of hydrogen-bond acceptors (Lipinski definition) is 5. The molecule has 0 amide bonds. The fraction of sp³-hybridized carbons (Fsp3) is 0.500. The number of morpholine rings is 1. The van der Waals surface area contributed by atoms with E-state index in [1.807, 2.05) is 18.2 Å². The summed E-state index contributed by atoms with van der Waals surface area (Å²) in [7, 11) is 1.80. The molecule has 2 heterocycles. The van der Waals surface area contributed by atoms with Crippen LogP contribution in [0.5, 0.6) is 5.75 Å². The second-order valence-electron chi connectivity index (χ2n) is 7.21. The Hall–Kier alpha value is -2.09. The molecule has 29 heavy (non-hydrogen) atoms. The minimum Gasteiger partial charge on any atom is -0.489 e. The Bertz CT molecular complexity index is 760. The number of thiophene rings is 1. The minimum absolute atomic E-state index is 0.0296. The van der Waals surface area contributed by atoms with E-state index in [9.17, 15) is 0 Å². The Labute approximate surface area is 177 Å². The monoisotopic (exact) mass is 416 g/mol. The molecule has 1 saturated heterocycles. The molecule has 1 fully saturated rings. The Balaban J connectivity index is 1.51. The van der Waals surface area contributed by atoms with Crippen molar-refractivity contribution in [3.8, 4) is 5.75 Å². The van der Waals surface area contributed by atoms with Crippen LogP contribution in [-0.2, 0) is 4.74 Å². The van der Waals surface area contributed by atoms with Gasteiger partial charge in [-0.25, -0.2) is 0 Å². The van der Waals surface area contributed by atoms with Gasteiger partial charge in [0.05, 0.1) is 25.8 Å². The van der Waals surface area contributed by atoms with Crippen LogP contribution >= 0.6 is 11.3 Å². The van der Waals surface area contributed by atoms with Crippen LogP contribution in [0.4, 0.5) is 0 Å². The third-order valence-corrected chi connectivity index (χ3v) is 6.00. The second-order valence-corrected chi connectivity index (χ2v) is 8.19. The molecule has 1 aliphatic rings. The van der Waals surface area contributed by atoms with Crippen molar-refractivity contribution < 1.29 is 9.47 Å². The van der Waals surface area contributed by atoms with E-state index < -0.39 is 0 Å². The van der Waals surface area contributed by atoms with Crippen molar-refractivity contribution in [1.82, 2.24) is 15.5 Å². The van der Waals surface area contributed by atoms with E-state index in [4.69, 9.17) is 9.47 Å². The predicted octanol–water partition coefficient (Wildman–Crippen LogP) is 3.06. The lowest BCUT2D eigenvalue weighted by molar-refractivity contribution is 0.0177. The highest BCUT2D eigenvalue weighted by Crippen LogP contribution is 2.25. The third-order valence-electron chi connectivity index (χ3n) is 5.02. The van der Waals surface area contributed by atoms with Crippen molar-refractivity contribution in [2.45, 2.75) is 26.0 Å². The average Bonchev–Trinajstić information content (AvgIpc) is 3.27. The van der Waals surface area contributed by atoms with Gasteiger partial charge in [0, 0.05) is 31.6 Å². The number of ether oxygens (including phenoxy) is 2. The van der Waals surface area contributed by atoms with Crippen molar-refractivity contribution >= 4 is 17.3 Å². The molecular weight excluding hydrogens is 384 g/mol. The zero-order valence-corrected chi connectivity index (χ0v) is 18.4. The Morgan fingerprint density at radius 2 is 1.93 bits per heavy atom. The van der Waals surface area contributed by atoms with Crippen LogP contribution in [0.15, 0.2) is 46.8 Å². The Morgan fingerprint density at radius 1 is 1.17 bits per heavy atom. The van der Waals surface area contributed by atoms with Crippen molar-refractivity contribution in [1.29, 1.82) is 0 Å². The van der Waals surface area contributed by atoms with Crippen LogP contribution in [0, 0.1) is 6.92 Å². The number of aryl methyl sites for hydroxylation is 1. The maximum atomic E-state index is 6.05. The molecule has 0 spiro atoms. The van der Waals surface area contributed by atoms with Gasteiger partial charge in [0.2, 0.25) is 0 Å². The molecule has 1 aromatic heterocycles. The molecule has 0 saturated carbocycles. The number of para-hydroxylation sites is 1. The van der Waals surface area contributed by atoms with Gasteiger partial charge < -0.3 is 20.1 Å². The first kappa shape index (κ1) is 21.6. The van der Waals surface area contributed by atoms with Crippen molar-refractivity contribution in [2.24, 2.45) is 4.99 Å². The van der Waals surface area contributed by atoms with Crippen LogP contribution in [0.25, 0.3) is 0 Å². The largest absolute Gasteiger partial charge is 0.489 e. The SMILES string of the molecule is CN=C(NCC(C)Oc1ccccc1C)NCC(c1cccs1)N1CCOCC1. The molecule has 7 heteroatoms. The summed E-state index contributed by atoms with van der Waals surface area (Å²) in [5, 5.41) is 9.02. The Morgan fingerprint density at radius 3 is 2.62 bits per heavy atom. The van der Waals surface area contributed by atoms with E-state index in [1.54, 1.807) is 18.4 Å². The van der Waals surface area contributed by atoms with Gasteiger partial charge in [-0.3, -0.25) is 9.89 Å². The second kappa shape index (κ2) is 11.2. The fourth-order valence-electron chi connectivity index (χ4n) is 3.38. The van der Waals surface area contributed by atoms with Crippen molar-refractivity contribution in [3.05, 3.63) is 52.2 Å². The molecule has 158 valence electrons. The molecule has 0 bridgehead atoms. The quantitative estimate of drug-likeness (QED) is 0.512. The first-order chi connectivity index (χ1) is 14.2. The number of benzene rings is 1. The molecule has 1 aliphatic heterocycles. The topological polar surface area (TPSA) is 58.1 Å². The number of nitrogens with zero attached hydrogens (tertiary/aromatic N) is 2. The van der Waals surface area contributed by atoms with Crippen LogP contribution in [-0.4, -0.2) is 63.4 Å². The smallest absolute Gasteiger partial charge is 0.191 e. The summed E-state index contributed by atoms with van der Waals surface area (Å²) in [5.41, 5.74) is 1.14. The molecule has 2 unspecified atom stereocenters. The highest BCUT2D eigenvalue weighted by molar-refractivity contribution is 7.10. The van der Waals surface area contributed by atoms with Crippen LogP contribution < -0.4 is 15.4 Å². The maximum Gasteiger partial charge on any atom is 0.191 e. The van der Waals surface area contributed by atoms with E-state index in [0.717, 1.165) is 50.1 Å². The number of nitrogens with one attached hydrogen (secondary N) is 2. The molecular formula is C22H32N4O2S. The number of hydrogen-bond donors (Lipinski definition) is 2. The zero-order valence-electron chi connectivity index (χ0n) is 17.6. The highest BCUT2D eigenvalue weighted by Gasteiger charge is 2.23.